The highest BCUT2D eigenvalue weighted by Crippen LogP contribution is 1.81. The predicted molar refractivity (Wildman–Crippen MR) is 37.2 cm³/mol. The minimum Gasteiger partial charge on any atom is -0.355 e. The summed E-state index contributed by atoms with van der Waals surface area (Å²) in [6.07, 6.45) is 0.730. The van der Waals surface area contributed by atoms with E-state index in [1.165, 1.54) is 0 Å². The Labute approximate surface area is 56.0 Å². The molecule has 9 heavy (non-hydrogen) atoms. The van der Waals surface area contributed by atoms with E-state index >= 15 is 0 Å². The van der Waals surface area contributed by atoms with E-state index in [-0.39, 0.29) is 6.04 Å². The topological polar surface area (TPSA) is 32.3 Å². The summed E-state index contributed by atoms with van der Waals surface area (Å²) in [7, 11) is 3.95. The second-order valence-corrected chi connectivity index (χ2v) is 2.45. The van der Waals surface area contributed by atoms with Crippen LogP contribution in [0.25, 0.3) is 0 Å². The summed E-state index contributed by atoms with van der Waals surface area (Å²) in [6, 6.07) is 0.248. The molecule has 1 N–H and O–H groups in total. The largest absolute Gasteiger partial charge is 0.355 e. The van der Waals surface area contributed by atoms with Crippen LogP contribution in [0, 0.1) is 0 Å². The van der Waals surface area contributed by atoms with Crippen molar-refractivity contribution in [3.05, 3.63) is 0 Å². The van der Waals surface area contributed by atoms with Crippen molar-refractivity contribution >= 4 is 6.41 Å². The Balaban J connectivity index is 3.25. The average molecular weight is 130 g/mol. The summed E-state index contributed by atoms with van der Waals surface area (Å²) in [5.41, 5.74) is 0. The lowest BCUT2D eigenvalue weighted by atomic mass is 10.3. The summed E-state index contributed by atoms with van der Waals surface area (Å²) < 4.78 is 0. The van der Waals surface area contributed by atoms with Crippen LogP contribution in [0.2, 0.25) is 0 Å². The summed E-state index contributed by atoms with van der Waals surface area (Å²) in [5.74, 6) is 0. The van der Waals surface area contributed by atoms with Gasteiger partial charge in [0.25, 0.3) is 0 Å². The van der Waals surface area contributed by atoms with Crippen LogP contribution in [0.15, 0.2) is 0 Å². The number of nitrogens with zero attached hydrogens (tertiary/aromatic N) is 1. The van der Waals surface area contributed by atoms with E-state index in [1.54, 1.807) is 0 Å². The van der Waals surface area contributed by atoms with Crippen LogP contribution in [0.5, 0.6) is 0 Å². The van der Waals surface area contributed by atoms with Gasteiger partial charge in [-0.3, -0.25) is 4.79 Å². The van der Waals surface area contributed by atoms with Crippen molar-refractivity contribution in [2.75, 3.05) is 20.6 Å². The Bertz CT molecular complexity index is 83.1. The number of nitrogens with one attached hydrogen (secondary N) is 1. The Kier molecular flexibility index (Phi) is 4.05. The molecule has 0 bridgehead atoms. The molecule has 1 amide bonds. The first-order chi connectivity index (χ1) is 4.16. The van der Waals surface area contributed by atoms with Crippen molar-refractivity contribution in [2.24, 2.45) is 0 Å². The SMILES string of the molecule is C[C@@H](CN(C)C)NC=O. The van der Waals surface area contributed by atoms with Gasteiger partial charge in [0.2, 0.25) is 6.41 Å². The highest BCUT2D eigenvalue weighted by molar-refractivity contribution is 5.46. The molecule has 0 aromatic rings. The molecule has 0 saturated carbocycles. The fourth-order valence-electron chi connectivity index (χ4n) is 0.717. The third kappa shape index (κ3) is 5.30. The van der Waals surface area contributed by atoms with Gasteiger partial charge in [0, 0.05) is 12.6 Å². The van der Waals surface area contributed by atoms with Gasteiger partial charge >= 0.3 is 0 Å². The molecule has 0 unspecified atom stereocenters. The highest BCUT2D eigenvalue weighted by atomic mass is 16.1. The van der Waals surface area contributed by atoms with Crippen LogP contribution in [-0.2, 0) is 4.79 Å². The number of likely N-dealkylation sites (N-methyl/N-ethyl adjacent to an activating group) is 1. The van der Waals surface area contributed by atoms with Crippen LogP contribution < -0.4 is 5.32 Å². The molecule has 54 valence electrons. The van der Waals surface area contributed by atoms with E-state index in [4.69, 9.17) is 0 Å². The van der Waals surface area contributed by atoms with Gasteiger partial charge in [-0.1, -0.05) is 0 Å². The Morgan fingerprint density at radius 1 is 1.67 bits per heavy atom. The Hall–Kier alpha value is -0.570. The molecule has 0 heterocycles. The van der Waals surface area contributed by atoms with Gasteiger partial charge < -0.3 is 10.2 Å². The van der Waals surface area contributed by atoms with Crippen LogP contribution in [-0.4, -0.2) is 38.0 Å². The molecule has 0 aliphatic carbocycles. The van der Waals surface area contributed by atoms with E-state index in [2.05, 4.69) is 5.32 Å². The number of rotatable bonds is 4. The molecule has 3 nitrogen and oxygen atoms in total. The van der Waals surface area contributed by atoms with Crippen LogP contribution in [0.4, 0.5) is 0 Å². The third-order valence-corrected chi connectivity index (χ3v) is 0.992. The van der Waals surface area contributed by atoms with Crippen molar-refractivity contribution < 1.29 is 4.79 Å². The van der Waals surface area contributed by atoms with E-state index < -0.39 is 0 Å². The molecule has 0 fully saturated rings. The summed E-state index contributed by atoms with van der Waals surface area (Å²) in [6.45, 7) is 2.85. The van der Waals surface area contributed by atoms with Crippen LogP contribution in [0.3, 0.4) is 0 Å². The Morgan fingerprint density at radius 2 is 2.22 bits per heavy atom. The summed E-state index contributed by atoms with van der Waals surface area (Å²) in [5, 5.41) is 2.65. The molecule has 0 radical (unpaired) electrons. The summed E-state index contributed by atoms with van der Waals surface area (Å²) in [4.78, 5) is 11.9. The van der Waals surface area contributed by atoms with Gasteiger partial charge in [0.15, 0.2) is 0 Å². The first-order valence-electron chi connectivity index (χ1n) is 3.01. The van der Waals surface area contributed by atoms with Crippen molar-refractivity contribution in [3.63, 3.8) is 0 Å². The molecule has 3 heteroatoms. The number of hydrogen-bond donors (Lipinski definition) is 1. The monoisotopic (exact) mass is 130 g/mol. The van der Waals surface area contributed by atoms with Crippen molar-refractivity contribution in [1.29, 1.82) is 0 Å². The standard InChI is InChI=1S/C6H14N2O/c1-6(7-5-9)4-8(2)3/h5-6H,4H2,1-3H3,(H,7,9)/t6-/m0/s1. The normalized spacial score (nSPS) is 13.3. The maximum absolute atomic E-state index is 9.87. The minimum atomic E-state index is 0.248. The van der Waals surface area contributed by atoms with Gasteiger partial charge in [-0.15, -0.1) is 0 Å². The number of carbonyl (C=O) groups excluding carboxylic acids is 1. The zero-order chi connectivity index (χ0) is 7.28. The molecular formula is C6H14N2O. The van der Waals surface area contributed by atoms with E-state index in [1.807, 2.05) is 25.9 Å². The zero-order valence-corrected chi connectivity index (χ0v) is 6.22. The van der Waals surface area contributed by atoms with Gasteiger partial charge in [-0.05, 0) is 21.0 Å². The minimum absolute atomic E-state index is 0.248. The molecule has 0 aromatic carbocycles. The predicted octanol–water partition coefficient (Wildman–Crippen LogP) is -0.317. The second kappa shape index (κ2) is 4.32. The summed E-state index contributed by atoms with van der Waals surface area (Å²) >= 11 is 0. The maximum atomic E-state index is 9.87. The lowest BCUT2D eigenvalue weighted by molar-refractivity contribution is -0.110. The lowest BCUT2D eigenvalue weighted by Gasteiger charge is -2.15. The molecule has 0 spiro atoms. The Morgan fingerprint density at radius 3 is 2.56 bits per heavy atom. The number of amides is 1. The fraction of sp³-hybridized carbons (Fsp3) is 0.833. The van der Waals surface area contributed by atoms with Crippen molar-refractivity contribution in [1.82, 2.24) is 10.2 Å². The molecule has 0 aliphatic rings. The van der Waals surface area contributed by atoms with Gasteiger partial charge in [-0.2, -0.15) is 0 Å². The zero-order valence-electron chi connectivity index (χ0n) is 6.22. The van der Waals surface area contributed by atoms with E-state index in [9.17, 15) is 4.79 Å². The quantitative estimate of drug-likeness (QED) is 0.529. The molecular weight excluding hydrogens is 116 g/mol. The van der Waals surface area contributed by atoms with E-state index in [0.717, 1.165) is 13.0 Å². The third-order valence-electron chi connectivity index (χ3n) is 0.992. The smallest absolute Gasteiger partial charge is 0.207 e. The van der Waals surface area contributed by atoms with Gasteiger partial charge in [0.05, 0.1) is 0 Å². The molecule has 0 saturated heterocycles. The van der Waals surface area contributed by atoms with Crippen molar-refractivity contribution in [2.45, 2.75) is 13.0 Å². The first-order valence-corrected chi connectivity index (χ1v) is 3.01. The first kappa shape index (κ1) is 8.43. The molecule has 0 aliphatic heterocycles. The lowest BCUT2D eigenvalue weighted by Crippen LogP contribution is -2.34. The average Bonchev–Trinajstić information content (AvgIpc) is 1.63. The fourth-order valence-corrected chi connectivity index (χ4v) is 0.717. The highest BCUT2D eigenvalue weighted by Gasteiger charge is 1.98. The maximum Gasteiger partial charge on any atom is 0.207 e. The van der Waals surface area contributed by atoms with Crippen molar-refractivity contribution in [3.8, 4) is 0 Å². The van der Waals surface area contributed by atoms with Gasteiger partial charge in [-0.25, -0.2) is 0 Å². The molecule has 0 aromatic heterocycles. The van der Waals surface area contributed by atoms with Crippen LogP contribution >= 0.6 is 0 Å². The van der Waals surface area contributed by atoms with E-state index in [0.29, 0.717) is 0 Å². The van der Waals surface area contributed by atoms with Crippen LogP contribution in [0.1, 0.15) is 6.92 Å². The molecule has 0 rings (SSSR count). The number of carbonyl (C=O) groups is 1. The second-order valence-electron chi connectivity index (χ2n) is 2.45. The van der Waals surface area contributed by atoms with Gasteiger partial charge in [0.1, 0.15) is 0 Å². The number of hydrogen-bond acceptors (Lipinski definition) is 2. The molecule has 1 atom stereocenters.